The Bertz CT molecular complexity index is 929. The van der Waals surface area contributed by atoms with Gasteiger partial charge in [0.15, 0.2) is 0 Å². The summed E-state index contributed by atoms with van der Waals surface area (Å²) in [5.41, 5.74) is 2.69. The van der Waals surface area contributed by atoms with E-state index in [2.05, 4.69) is 32.2 Å². The van der Waals surface area contributed by atoms with Crippen molar-refractivity contribution in [3.05, 3.63) is 77.7 Å². The van der Waals surface area contributed by atoms with Crippen LogP contribution in [0.4, 0.5) is 5.82 Å². The van der Waals surface area contributed by atoms with Crippen LogP contribution in [0, 0.1) is 0 Å². The third-order valence-corrected chi connectivity index (χ3v) is 5.17. The third kappa shape index (κ3) is 5.00. The maximum atomic E-state index is 12.4. The highest BCUT2D eigenvalue weighted by atomic mass is 16.1. The molecule has 1 aliphatic heterocycles. The molecule has 0 spiro atoms. The van der Waals surface area contributed by atoms with Crippen LogP contribution in [-0.4, -0.2) is 58.8 Å². The molecule has 7 nitrogen and oxygen atoms in total. The fourth-order valence-corrected chi connectivity index (χ4v) is 3.37. The van der Waals surface area contributed by atoms with Crippen molar-refractivity contribution in [1.82, 2.24) is 25.0 Å². The number of piperazine rings is 1. The Morgan fingerprint density at radius 1 is 1.00 bits per heavy atom. The number of nitrogens with zero attached hydrogens (tertiary/aromatic N) is 5. The minimum Gasteiger partial charge on any atom is -0.354 e. The van der Waals surface area contributed by atoms with Crippen molar-refractivity contribution in [2.24, 2.45) is 0 Å². The standard InChI is InChI=1S/C22H26N6O/c1-26-9-11-27(12-10-26)21-8-7-19(13-23-21)14-24-22(29)20-15-25-28(17-20)16-18-5-3-2-4-6-18/h2-8,13,15,17H,9-12,14,16H2,1H3,(H,24,29). The lowest BCUT2D eigenvalue weighted by Gasteiger charge is -2.33. The van der Waals surface area contributed by atoms with Gasteiger partial charge in [-0.3, -0.25) is 9.48 Å². The van der Waals surface area contributed by atoms with Crippen molar-refractivity contribution in [3.8, 4) is 0 Å². The Morgan fingerprint density at radius 2 is 1.79 bits per heavy atom. The number of carbonyl (C=O) groups excluding carboxylic acids is 1. The SMILES string of the molecule is CN1CCN(c2ccc(CNC(=O)c3cnn(Cc4ccccc4)c3)cn2)CC1. The molecule has 0 atom stereocenters. The maximum Gasteiger partial charge on any atom is 0.254 e. The Balaban J connectivity index is 1.29. The lowest BCUT2D eigenvalue weighted by Crippen LogP contribution is -2.44. The van der Waals surface area contributed by atoms with Gasteiger partial charge < -0.3 is 15.1 Å². The number of pyridine rings is 1. The van der Waals surface area contributed by atoms with Crippen LogP contribution in [0.1, 0.15) is 21.5 Å². The number of hydrogen-bond acceptors (Lipinski definition) is 5. The molecule has 0 saturated carbocycles. The largest absolute Gasteiger partial charge is 0.354 e. The average Bonchev–Trinajstić information content (AvgIpc) is 3.22. The Labute approximate surface area is 171 Å². The van der Waals surface area contributed by atoms with Gasteiger partial charge in [-0.2, -0.15) is 5.10 Å². The van der Waals surface area contributed by atoms with Crippen molar-refractivity contribution in [2.45, 2.75) is 13.1 Å². The summed E-state index contributed by atoms with van der Waals surface area (Å²) in [6.45, 7) is 5.18. The van der Waals surface area contributed by atoms with E-state index in [9.17, 15) is 4.79 Å². The van der Waals surface area contributed by atoms with E-state index in [1.165, 1.54) is 0 Å². The zero-order valence-corrected chi connectivity index (χ0v) is 16.7. The number of rotatable bonds is 6. The molecule has 1 aliphatic rings. The van der Waals surface area contributed by atoms with Crippen LogP contribution < -0.4 is 10.2 Å². The van der Waals surface area contributed by atoms with Crippen LogP contribution in [0.2, 0.25) is 0 Å². The summed E-state index contributed by atoms with van der Waals surface area (Å²) in [7, 11) is 2.14. The van der Waals surface area contributed by atoms with E-state index in [1.807, 2.05) is 48.7 Å². The number of hydrogen-bond donors (Lipinski definition) is 1. The molecule has 29 heavy (non-hydrogen) atoms. The van der Waals surface area contributed by atoms with E-state index in [4.69, 9.17) is 0 Å². The van der Waals surface area contributed by atoms with Crippen molar-refractivity contribution < 1.29 is 4.79 Å². The van der Waals surface area contributed by atoms with Gasteiger partial charge in [-0.05, 0) is 24.2 Å². The zero-order chi connectivity index (χ0) is 20.1. The van der Waals surface area contributed by atoms with Crippen LogP contribution >= 0.6 is 0 Å². The van der Waals surface area contributed by atoms with Gasteiger partial charge in [0.1, 0.15) is 5.82 Å². The Morgan fingerprint density at radius 3 is 2.52 bits per heavy atom. The van der Waals surface area contributed by atoms with E-state index in [0.717, 1.165) is 43.1 Å². The molecule has 0 aliphatic carbocycles. The molecule has 0 unspecified atom stereocenters. The molecule has 4 rings (SSSR count). The molecule has 0 radical (unpaired) electrons. The van der Waals surface area contributed by atoms with Crippen LogP contribution in [0.15, 0.2) is 61.1 Å². The topological polar surface area (TPSA) is 66.3 Å². The summed E-state index contributed by atoms with van der Waals surface area (Å²) in [5, 5.41) is 7.24. The summed E-state index contributed by atoms with van der Waals surface area (Å²) in [6, 6.07) is 14.1. The van der Waals surface area contributed by atoms with Gasteiger partial charge in [0.2, 0.25) is 0 Å². The molecular weight excluding hydrogens is 364 g/mol. The molecule has 7 heteroatoms. The highest BCUT2D eigenvalue weighted by molar-refractivity contribution is 5.93. The third-order valence-electron chi connectivity index (χ3n) is 5.17. The average molecular weight is 390 g/mol. The highest BCUT2D eigenvalue weighted by Crippen LogP contribution is 2.13. The Hall–Kier alpha value is -3.19. The second-order valence-corrected chi connectivity index (χ2v) is 7.41. The van der Waals surface area contributed by atoms with Crippen molar-refractivity contribution >= 4 is 11.7 Å². The second-order valence-electron chi connectivity index (χ2n) is 7.41. The summed E-state index contributed by atoms with van der Waals surface area (Å²) in [4.78, 5) is 21.6. The Kier molecular flexibility index (Phi) is 5.86. The number of amides is 1. The number of anilines is 1. The van der Waals surface area contributed by atoms with Gasteiger partial charge in [-0.25, -0.2) is 4.98 Å². The number of carbonyl (C=O) groups is 1. The quantitative estimate of drug-likeness (QED) is 0.697. The molecular formula is C22H26N6O. The fraction of sp³-hybridized carbons (Fsp3) is 0.318. The second kappa shape index (κ2) is 8.87. The minimum atomic E-state index is -0.132. The lowest BCUT2D eigenvalue weighted by atomic mass is 10.2. The summed E-state index contributed by atoms with van der Waals surface area (Å²) in [6.07, 6.45) is 5.22. The first-order valence-corrected chi connectivity index (χ1v) is 9.90. The predicted molar refractivity (Wildman–Crippen MR) is 113 cm³/mol. The van der Waals surface area contributed by atoms with Gasteiger partial charge >= 0.3 is 0 Å². The maximum absolute atomic E-state index is 12.4. The smallest absolute Gasteiger partial charge is 0.254 e. The van der Waals surface area contributed by atoms with Crippen molar-refractivity contribution in [1.29, 1.82) is 0 Å². The van der Waals surface area contributed by atoms with E-state index in [1.54, 1.807) is 17.1 Å². The van der Waals surface area contributed by atoms with Gasteiger partial charge in [0.05, 0.1) is 18.3 Å². The summed E-state index contributed by atoms with van der Waals surface area (Å²) < 4.78 is 1.77. The molecule has 1 N–H and O–H groups in total. The van der Waals surface area contributed by atoms with Crippen molar-refractivity contribution in [3.63, 3.8) is 0 Å². The van der Waals surface area contributed by atoms with Crippen LogP contribution in [0.25, 0.3) is 0 Å². The van der Waals surface area contributed by atoms with E-state index >= 15 is 0 Å². The first-order chi connectivity index (χ1) is 14.2. The number of benzene rings is 1. The number of aromatic nitrogens is 3. The molecule has 150 valence electrons. The van der Waals surface area contributed by atoms with Crippen LogP contribution in [0.5, 0.6) is 0 Å². The van der Waals surface area contributed by atoms with Gasteiger partial charge in [-0.15, -0.1) is 0 Å². The highest BCUT2D eigenvalue weighted by Gasteiger charge is 2.15. The summed E-state index contributed by atoms with van der Waals surface area (Å²) >= 11 is 0. The van der Waals surface area contributed by atoms with Gasteiger partial charge in [0, 0.05) is 45.1 Å². The minimum absolute atomic E-state index is 0.132. The first-order valence-electron chi connectivity index (χ1n) is 9.90. The van der Waals surface area contributed by atoms with Gasteiger partial charge in [-0.1, -0.05) is 36.4 Å². The van der Waals surface area contributed by atoms with E-state index in [-0.39, 0.29) is 5.91 Å². The summed E-state index contributed by atoms with van der Waals surface area (Å²) in [5.74, 6) is 0.864. The lowest BCUT2D eigenvalue weighted by molar-refractivity contribution is 0.0951. The van der Waals surface area contributed by atoms with E-state index in [0.29, 0.717) is 18.7 Å². The molecule has 3 aromatic rings. The normalized spacial score (nSPS) is 14.7. The molecule has 2 aromatic heterocycles. The zero-order valence-electron chi connectivity index (χ0n) is 16.7. The van der Waals surface area contributed by atoms with Crippen molar-refractivity contribution in [2.75, 3.05) is 38.1 Å². The first kappa shape index (κ1) is 19.1. The molecule has 3 heterocycles. The van der Waals surface area contributed by atoms with Crippen LogP contribution in [0.3, 0.4) is 0 Å². The molecule has 1 fully saturated rings. The van der Waals surface area contributed by atoms with Gasteiger partial charge in [0.25, 0.3) is 5.91 Å². The molecule has 1 aromatic carbocycles. The molecule has 0 bridgehead atoms. The predicted octanol–water partition coefficient (Wildman–Crippen LogP) is 2.01. The molecule has 1 amide bonds. The molecule has 1 saturated heterocycles. The van der Waals surface area contributed by atoms with E-state index < -0.39 is 0 Å². The fourth-order valence-electron chi connectivity index (χ4n) is 3.37. The monoisotopic (exact) mass is 390 g/mol. The number of nitrogens with one attached hydrogen (secondary N) is 1. The van der Waals surface area contributed by atoms with Crippen LogP contribution in [-0.2, 0) is 13.1 Å². The number of likely N-dealkylation sites (N-methyl/N-ethyl adjacent to an activating group) is 1.